The number of anilines is 1. The minimum atomic E-state index is 0.0595. The largest absolute Gasteiger partial charge is 0.382 e. The van der Waals surface area contributed by atoms with Gasteiger partial charge in [-0.05, 0) is 29.9 Å². The van der Waals surface area contributed by atoms with Gasteiger partial charge in [0.2, 0.25) is 5.91 Å². The maximum Gasteiger partial charge on any atom is 0.224 e. The third-order valence-electron chi connectivity index (χ3n) is 4.69. The van der Waals surface area contributed by atoms with Crippen molar-refractivity contribution in [1.29, 1.82) is 0 Å². The number of rotatable bonds is 4. The Kier molecular flexibility index (Phi) is 5.05. The Morgan fingerprint density at radius 3 is 2.75 bits per heavy atom. The Hall–Kier alpha value is -1.51. The smallest absolute Gasteiger partial charge is 0.224 e. The molecule has 20 heavy (non-hydrogen) atoms. The van der Waals surface area contributed by atoms with Gasteiger partial charge in [-0.25, -0.2) is 0 Å². The first-order chi connectivity index (χ1) is 9.61. The summed E-state index contributed by atoms with van der Waals surface area (Å²) in [5, 5.41) is 6.37. The summed E-state index contributed by atoms with van der Waals surface area (Å²) in [5.41, 5.74) is 2.19. The molecule has 1 saturated carbocycles. The molecule has 3 heteroatoms. The highest BCUT2D eigenvalue weighted by molar-refractivity contribution is 5.80. The van der Waals surface area contributed by atoms with E-state index in [0.29, 0.717) is 18.4 Å². The average molecular weight is 274 g/mol. The second-order valence-corrected chi connectivity index (χ2v) is 6.03. The molecule has 0 saturated heterocycles. The predicted octanol–water partition coefficient (Wildman–Crippen LogP) is 3.21. The van der Waals surface area contributed by atoms with Gasteiger partial charge in [0.1, 0.15) is 0 Å². The van der Waals surface area contributed by atoms with Gasteiger partial charge in [0.25, 0.3) is 0 Å². The molecule has 0 aromatic heterocycles. The van der Waals surface area contributed by atoms with Crippen LogP contribution in [0.4, 0.5) is 5.69 Å². The third kappa shape index (κ3) is 3.53. The molecule has 3 atom stereocenters. The van der Waals surface area contributed by atoms with Crippen LogP contribution in [0.2, 0.25) is 0 Å². The van der Waals surface area contributed by atoms with Gasteiger partial charge in [0, 0.05) is 18.8 Å². The number of nitrogens with one attached hydrogen (secondary N) is 2. The van der Waals surface area contributed by atoms with Gasteiger partial charge >= 0.3 is 0 Å². The van der Waals surface area contributed by atoms with Crippen LogP contribution in [0.15, 0.2) is 24.3 Å². The molecule has 3 nitrogen and oxygen atoms in total. The molecule has 1 aliphatic carbocycles. The molecule has 1 aromatic carbocycles. The molecule has 0 spiro atoms. The van der Waals surface area contributed by atoms with Crippen LogP contribution in [0.1, 0.15) is 38.7 Å². The van der Waals surface area contributed by atoms with E-state index in [1.54, 1.807) is 7.05 Å². The van der Waals surface area contributed by atoms with Crippen molar-refractivity contribution in [1.82, 2.24) is 5.32 Å². The summed E-state index contributed by atoms with van der Waals surface area (Å²) in [5.74, 6) is 1.51. The molecule has 0 radical (unpaired) electrons. The zero-order valence-corrected chi connectivity index (χ0v) is 12.8. The fourth-order valence-electron chi connectivity index (χ4n) is 3.06. The molecule has 2 N–H and O–H groups in total. The molecule has 1 fully saturated rings. The van der Waals surface area contributed by atoms with E-state index in [4.69, 9.17) is 0 Å². The maximum atomic E-state index is 11.6. The Labute approximate surface area is 122 Å². The predicted molar refractivity (Wildman–Crippen MR) is 83.8 cm³/mol. The van der Waals surface area contributed by atoms with Crippen LogP contribution in [0.3, 0.4) is 0 Å². The van der Waals surface area contributed by atoms with Crippen molar-refractivity contribution in [3.63, 3.8) is 0 Å². The highest BCUT2D eigenvalue weighted by Gasteiger charge is 2.27. The zero-order chi connectivity index (χ0) is 14.5. The number of carbonyl (C=O) groups excluding carboxylic acids is 1. The van der Waals surface area contributed by atoms with E-state index in [1.807, 2.05) is 18.2 Å². The Bertz CT molecular complexity index is 458. The molecule has 3 unspecified atom stereocenters. The molecule has 0 bridgehead atoms. The summed E-state index contributed by atoms with van der Waals surface area (Å²) in [6.45, 7) is 4.68. The molecule has 0 aliphatic heterocycles. The van der Waals surface area contributed by atoms with Crippen LogP contribution in [0.5, 0.6) is 0 Å². The molecule has 0 heterocycles. The Morgan fingerprint density at radius 2 is 2.00 bits per heavy atom. The number of para-hydroxylation sites is 1. The van der Waals surface area contributed by atoms with E-state index in [-0.39, 0.29) is 5.91 Å². The van der Waals surface area contributed by atoms with Gasteiger partial charge in [-0.15, -0.1) is 0 Å². The fourth-order valence-corrected chi connectivity index (χ4v) is 3.06. The Balaban J connectivity index is 2.10. The maximum absolute atomic E-state index is 11.6. The summed E-state index contributed by atoms with van der Waals surface area (Å²) in [6, 6.07) is 8.67. The second-order valence-electron chi connectivity index (χ2n) is 6.03. The standard InChI is InChI=1S/C17H26N2O/c1-12-7-6-10-15(13(12)2)19-16-9-5-4-8-14(16)11-17(20)18-3/h4-5,8-9,12-13,15,19H,6-7,10-11H2,1-3H3,(H,18,20). The van der Waals surface area contributed by atoms with Crippen molar-refractivity contribution >= 4 is 11.6 Å². The monoisotopic (exact) mass is 274 g/mol. The van der Waals surface area contributed by atoms with Gasteiger partial charge < -0.3 is 10.6 Å². The summed E-state index contributed by atoms with van der Waals surface area (Å²) in [4.78, 5) is 11.6. The number of amides is 1. The SMILES string of the molecule is CNC(=O)Cc1ccccc1NC1CCCC(C)C1C. The highest BCUT2D eigenvalue weighted by atomic mass is 16.1. The summed E-state index contributed by atoms with van der Waals surface area (Å²) < 4.78 is 0. The fraction of sp³-hybridized carbons (Fsp3) is 0.588. The van der Waals surface area contributed by atoms with Crippen LogP contribution < -0.4 is 10.6 Å². The van der Waals surface area contributed by atoms with Crippen LogP contribution in [-0.2, 0) is 11.2 Å². The molecular formula is C17H26N2O. The minimum absolute atomic E-state index is 0.0595. The lowest BCUT2D eigenvalue weighted by molar-refractivity contribution is -0.119. The number of hydrogen-bond acceptors (Lipinski definition) is 2. The van der Waals surface area contributed by atoms with Gasteiger partial charge in [0.15, 0.2) is 0 Å². The minimum Gasteiger partial charge on any atom is -0.382 e. The lowest BCUT2D eigenvalue weighted by Gasteiger charge is -2.35. The van der Waals surface area contributed by atoms with E-state index in [1.165, 1.54) is 19.3 Å². The molecule has 110 valence electrons. The molecular weight excluding hydrogens is 248 g/mol. The van der Waals surface area contributed by atoms with Crippen LogP contribution >= 0.6 is 0 Å². The van der Waals surface area contributed by atoms with Gasteiger partial charge in [-0.3, -0.25) is 4.79 Å². The first-order valence-electron chi connectivity index (χ1n) is 7.67. The summed E-state index contributed by atoms with van der Waals surface area (Å²) in [7, 11) is 1.68. The van der Waals surface area contributed by atoms with Crippen molar-refractivity contribution in [3.8, 4) is 0 Å². The average Bonchev–Trinajstić information content (AvgIpc) is 2.45. The van der Waals surface area contributed by atoms with Crippen molar-refractivity contribution < 1.29 is 4.79 Å². The van der Waals surface area contributed by atoms with Crippen LogP contribution in [-0.4, -0.2) is 19.0 Å². The van der Waals surface area contributed by atoms with E-state index >= 15 is 0 Å². The molecule has 1 aromatic rings. The van der Waals surface area contributed by atoms with E-state index in [0.717, 1.165) is 17.2 Å². The molecule has 1 aliphatic rings. The van der Waals surface area contributed by atoms with E-state index in [2.05, 4.69) is 30.5 Å². The van der Waals surface area contributed by atoms with E-state index in [9.17, 15) is 4.79 Å². The van der Waals surface area contributed by atoms with Gasteiger partial charge in [-0.2, -0.15) is 0 Å². The Morgan fingerprint density at radius 1 is 1.25 bits per heavy atom. The summed E-state index contributed by atoms with van der Waals surface area (Å²) >= 11 is 0. The quantitative estimate of drug-likeness (QED) is 0.885. The zero-order valence-electron chi connectivity index (χ0n) is 12.8. The molecule has 2 rings (SSSR count). The van der Waals surface area contributed by atoms with Crippen molar-refractivity contribution in [3.05, 3.63) is 29.8 Å². The highest BCUT2D eigenvalue weighted by Crippen LogP contribution is 2.32. The topological polar surface area (TPSA) is 41.1 Å². The van der Waals surface area contributed by atoms with Crippen molar-refractivity contribution in [2.24, 2.45) is 11.8 Å². The third-order valence-corrected chi connectivity index (χ3v) is 4.69. The van der Waals surface area contributed by atoms with Gasteiger partial charge in [0.05, 0.1) is 6.42 Å². The van der Waals surface area contributed by atoms with E-state index < -0.39 is 0 Å². The summed E-state index contributed by atoms with van der Waals surface area (Å²) in [6.07, 6.45) is 4.29. The lowest BCUT2D eigenvalue weighted by Crippen LogP contribution is -2.35. The number of hydrogen-bond donors (Lipinski definition) is 2. The molecule has 1 amide bonds. The number of likely N-dealkylation sites (N-methyl/N-ethyl adjacent to an activating group) is 1. The second kappa shape index (κ2) is 6.78. The lowest BCUT2D eigenvalue weighted by atomic mass is 9.78. The number of benzene rings is 1. The van der Waals surface area contributed by atoms with Gasteiger partial charge in [-0.1, -0.05) is 44.9 Å². The normalized spacial score (nSPS) is 26.1. The van der Waals surface area contributed by atoms with Crippen LogP contribution in [0.25, 0.3) is 0 Å². The van der Waals surface area contributed by atoms with Crippen LogP contribution in [0, 0.1) is 11.8 Å². The number of carbonyl (C=O) groups is 1. The van der Waals surface area contributed by atoms with Crippen molar-refractivity contribution in [2.75, 3.05) is 12.4 Å². The first kappa shape index (κ1) is 14.9. The first-order valence-corrected chi connectivity index (χ1v) is 7.67. The van der Waals surface area contributed by atoms with Crippen molar-refractivity contribution in [2.45, 2.75) is 45.6 Å².